The predicted molar refractivity (Wildman–Crippen MR) is 221 cm³/mol. The fourth-order valence-electron chi connectivity index (χ4n) is 6.12. The van der Waals surface area contributed by atoms with Crippen LogP contribution in [0.25, 0.3) is 32.9 Å². The third kappa shape index (κ3) is 14.8. The van der Waals surface area contributed by atoms with E-state index in [1.54, 1.807) is 92.9 Å². The minimum Gasteiger partial charge on any atom is -0.459 e. The Balaban J connectivity index is 1.83. The lowest BCUT2D eigenvalue weighted by atomic mass is 9.97. The number of fused-ring (bicyclic) bond motifs is 3. The largest absolute Gasteiger partial charge is 0.459 e. The summed E-state index contributed by atoms with van der Waals surface area (Å²) in [6.45, 7) is 23.2. The Morgan fingerprint density at radius 1 is 0.509 bits per heavy atom. The second kappa shape index (κ2) is 17.7. The third-order valence-electron chi connectivity index (χ3n) is 7.97. The summed E-state index contributed by atoms with van der Waals surface area (Å²) in [7, 11) is 0. The van der Waals surface area contributed by atoms with Crippen molar-refractivity contribution in [3.8, 4) is 11.1 Å². The number of carbonyl (C=O) groups is 4. The molecule has 0 N–H and O–H groups in total. The molecule has 0 spiro atoms. The van der Waals surface area contributed by atoms with Crippen molar-refractivity contribution >= 4 is 45.7 Å². The maximum Gasteiger partial charge on any atom is 0.320 e. The van der Waals surface area contributed by atoms with Gasteiger partial charge >= 0.3 is 23.9 Å². The molecule has 2 aromatic carbocycles. The van der Waals surface area contributed by atoms with Gasteiger partial charge in [0.25, 0.3) is 0 Å². The topological polar surface area (TPSA) is 137 Å². The van der Waals surface area contributed by atoms with Crippen molar-refractivity contribution in [2.24, 2.45) is 0 Å². The molecule has 308 valence electrons. The van der Waals surface area contributed by atoms with Gasteiger partial charge in [0, 0.05) is 23.9 Å². The first-order chi connectivity index (χ1) is 26.2. The monoisotopic (exact) mass is 784 g/mol. The van der Waals surface area contributed by atoms with Crippen molar-refractivity contribution in [3.05, 3.63) is 71.5 Å². The van der Waals surface area contributed by atoms with Crippen molar-refractivity contribution in [3.63, 3.8) is 0 Å². The van der Waals surface area contributed by atoms with Gasteiger partial charge in [-0.2, -0.15) is 0 Å². The summed E-state index contributed by atoms with van der Waals surface area (Å²) in [6.07, 6.45) is 0. The van der Waals surface area contributed by atoms with E-state index in [1.807, 2.05) is 61.5 Å². The molecule has 2 heterocycles. The van der Waals surface area contributed by atoms with E-state index in [4.69, 9.17) is 28.9 Å². The minimum atomic E-state index is -0.716. The number of ether oxygens (including phenoxy) is 4. The second-order valence-electron chi connectivity index (χ2n) is 18.5. The molecule has 2 aromatic heterocycles. The van der Waals surface area contributed by atoms with Crippen molar-refractivity contribution < 1.29 is 38.1 Å². The minimum absolute atomic E-state index is 0.128. The SMILES string of the molecule is Cc1ccc(-c2cc(CN(CC(=O)OC(C)(C)C)CC(=O)OC(C)(C)C)nc3c2ccc2ccc(CN(CC(=O)OC(C)(C)C)CC(=O)OC(C)(C)C)nc23)cc1. The average molecular weight is 785 g/mol. The van der Waals surface area contributed by atoms with Crippen LogP contribution in [0, 0.1) is 6.92 Å². The zero-order chi connectivity index (χ0) is 42.5. The van der Waals surface area contributed by atoms with Gasteiger partial charge in [0.05, 0.1) is 48.6 Å². The van der Waals surface area contributed by atoms with Crippen LogP contribution in [-0.2, 0) is 51.2 Å². The van der Waals surface area contributed by atoms with E-state index in [9.17, 15) is 19.2 Å². The van der Waals surface area contributed by atoms with Crippen molar-refractivity contribution in [1.29, 1.82) is 0 Å². The van der Waals surface area contributed by atoms with Gasteiger partial charge in [-0.05, 0) is 113 Å². The molecule has 4 rings (SSSR count). The van der Waals surface area contributed by atoms with Gasteiger partial charge in [-0.1, -0.05) is 48.0 Å². The molecule has 12 nitrogen and oxygen atoms in total. The smallest absolute Gasteiger partial charge is 0.320 e. The number of esters is 4. The van der Waals surface area contributed by atoms with E-state index in [0.29, 0.717) is 22.4 Å². The molecule has 0 aliphatic rings. The molecule has 0 saturated carbocycles. The number of nitrogens with zero attached hydrogens (tertiary/aromatic N) is 4. The molecule has 0 fully saturated rings. The number of hydrogen-bond acceptors (Lipinski definition) is 12. The van der Waals surface area contributed by atoms with Crippen LogP contribution >= 0.6 is 0 Å². The van der Waals surface area contributed by atoms with Gasteiger partial charge in [-0.25, -0.2) is 9.97 Å². The quantitative estimate of drug-likeness (QED) is 0.0745. The van der Waals surface area contributed by atoms with E-state index >= 15 is 0 Å². The molecule has 0 amide bonds. The number of aromatic nitrogens is 2. The number of pyridine rings is 2. The molecule has 4 aromatic rings. The Morgan fingerprint density at radius 2 is 0.895 bits per heavy atom. The summed E-state index contributed by atoms with van der Waals surface area (Å²) in [5, 5.41) is 1.68. The van der Waals surface area contributed by atoms with E-state index in [2.05, 4.69) is 0 Å². The van der Waals surface area contributed by atoms with Crippen molar-refractivity contribution in [1.82, 2.24) is 19.8 Å². The highest BCUT2D eigenvalue weighted by Gasteiger charge is 2.26. The second-order valence-corrected chi connectivity index (χ2v) is 18.5. The molecule has 0 saturated heterocycles. The van der Waals surface area contributed by atoms with Crippen LogP contribution in [0.5, 0.6) is 0 Å². The fourth-order valence-corrected chi connectivity index (χ4v) is 6.12. The molecular weight excluding hydrogens is 725 g/mol. The first kappa shape index (κ1) is 44.8. The summed E-state index contributed by atoms with van der Waals surface area (Å²) in [5.41, 5.74) is 2.54. The summed E-state index contributed by atoms with van der Waals surface area (Å²) >= 11 is 0. The number of rotatable bonds is 13. The third-order valence-corrected chi connectivity index (χ3v) is 7.97. The van der Waals surface area contributed by atoms with E-state index in [-0.39, 0.29) is 39.3 Å². The lowest BCUT2D eigenvalue weighted by Gasteiger charge is -2.26. The first-order valence-electron chi connectivity index (χ1n) is 19.3. The number of carbonyl (C=O) groups excluding carboxylic acids is 4. The van der Waals surface area contributed by atoms with Crippen LogP contribution in [0.3, 0.4) is 0 Å². The maximum absolute atomic E-state index is 13.1. The van der Waals surface area contributed by atoms with Gasteiger partial charge in [0.2, 0.25) is 0 Å². The van der Waals surface area contributed by atoms with Gasteiger partial charge < -0.3 is 18.9 Å². The predicted octanol–water partition coefficient (Wildman–Crippen LogP) is 7.73. The Labute approximate surface area is 337 Å². The molecule has 0 aliphatic carbocycles. The van der Waals surface area contributed by atoms with Crippen LogP contribution in [0.2, 0.25) is 0 Å². The van der Waals surface area contributed by atoms with Gasteiger partial charge in [-0.3, -0.25) is 29.0 Å². The number of hydrogen-bond donors (Lipinski definition) is 0. The van der Waals surface area contributed by atoms with Crippen LogP contribution in [0.4, 0.5) is 0 Å². The standard InChI is InChI=1S/C45H60N4O8/c1-29-14-16-30(17-15-29)35-22-33(24-49(27-38(52)56-44(8,9)10)28-39(53)57-45(11,12)13)47-41-34(35)21-19-31-18-20-32(46-40(31)41)23-48(25-36(50)54-42(2,3)4)26-37(51)55-43(5,6)7/h14-22H,23-28H2,1-13H3. The Bertz CT molecular complexity index is 2020. The molecule has 0 bridgehead atoms. The highest BCUT2D eigenvalue weighted by Crippen LogP contribution is 2.33. The molecular formula is C45H60N4O8. The number of benzene rings is 2. The van der Waals surface area contributed by atoms with Gasteiger partial charge in [0.1, 0.15) is 22.4 Å². The summed E-state index contributed by atoms with van der Waals surface area (Å²) in [5.74, 6) is -1.92. The van der Waals surface area contributed by atoms with E-state index in [1.165, 1.54) is 0 Å². The van der Waals surface area contributed by atoms with Crippen LogP contribution in [-0.4, -0.2) is 92.2 Å². The molecule has 0 atom stereocenters. The Hall–Kier alpha value is -4.94. The van der Waals surface area contributed by atoms with E-state index in [0.717, 1.165) is 27.5 Å². The lowest BCUT2D eigenvalue weighted by Crippen LogP contribution is -2.39. The average Bonchev–Trinajstić information content (AvgIpc) is 3.01. The van der Waals surface area contributed by atoms with Crippen molar-refractivity contribution in [2.45, 2.75) is 126 Å². The highest BCUT2D eigenvalue weighted by molar-refractivity contribution is 6.08. The molecule has 0 radical (unpaired) electrons. The zero-order valence-electron chi connectivity index (χ0n) is 36.0. The lowest BCUT2D eigenvalue weighted by molar-refractivity contribution is -0.162. The zero-order valence-corrected chi connectivity index (χ0v) is 36.0. The normalized spacial score (nSPS) is 12.6. The summed E-state index contributed by atoms with van der Waals surface area (Å²) < 4.78 is 22.5. The van der Waals surface area contributed by atoms with Crippen LogP contribution in [0.15, 0.2) is 54.6 Å². The molecule has 0 aliphatic heterocycles. The van der Waals surface area contributed by atoms with Crippen LogP contribution in [0.1, 0.15) is 100 Å². The summed E-state index contributed by atoms with van der Waals surface area (Å²) in [6, 6.07) is 18.0. The van der Waals surface area contributed by atoms with Gasteiger partial charge in [-0.15, -0.1) is 0 Å². The van der Waals surface area contributed by atoms with Gasteiger partial charge in [0.15, 0.2) is 0 Å². The summed E-state index contributed by atoms with van der Waals surface area (Å²) in [4.78, 5) is 65.8. The highest BCUT2D eigenvalue weighted by atomic mass is 16.6. The molecule has 57 heavy (non-hydrogen) atoms. The fraction of sp³-hybridized carbons (Fsp3) is 0.511. The first-order valence-corrected chi connectivity index (χ1v) is 19.3. The number of aryl methyl sites for hydroxylation is 1. The van der Waals surface area contributed by atoms with Crippen molar-refractivity contribution in [2.75, 3.05) is 26.2 Å². The Kier molecular flexibility index (Phi) is 13.9. The Morgan fingerprint density at radius 3 is 1.32 bits per heavy atom. The van der Waals surface area contributed by atoms with E-state index < -0.39 is 46.3 Å². The molecule has 0 unspecified atom stereocenters. The van der Waals surface area contributed by atoms with Crippen LogP contribution < -0.4 is 0 Å². The maximum atomic E-state index is 13.1. The molecule has 12 heteroatoms.